The summed E-state index contributed by atoms with van der Waals surface area (Å²) in [5, 5.41) is 12.8. The van der Waals surface area contributed by atoms with Crippen molar-refractivity contribution in [3.05, 3.63) is 18.2 Å². The van der Waals surface area contributed by atoms with Crippen LogP contribution in [0.3, 0.4) is 0 Å². The summed E-state index contributed by atoms with van der Waals surface area (Å²) in [6.45, 7) is 4.56. The zero-order valence-electron chi connectivity index (χ0n) is 11.0. The van der Waals surface area contributed by atoms with Gasteiger partial charge in [-0.05, 0) is 26.3 Å². The molecule has 1 aromatic rings. The van der Waals surface area contributed by atoms with Gasteiger partial charge in [0.25, 0.3) is 0 Å². The maximum atomic E-state index is 9.52. The van der Waals surface area contributed by atoms with Crippen LogP contribution in [0.15, 0.2) is 12.4 Å². The van der Waals surface area contributed by atoms with Crippen LogP contribution in [0.4, 0.5) is 0 Å². The van der Waals surface area contributed by atoms with Gasteiger partial charge in [0.05, 0.1) is 6.61 Å². The quantitative estimate of drug-likeness (QED) is 0.837. The molecule has 1 aliphatic rings. The van der Waals surface area contributed by atoms with Gasteiger partial charge in [-0.3, -0.25) is 0 Å². The van der Waals surface area contributed by atoms with E-state index in [4.69, 9.17) is 0 Å². The Morgan fingerprint density at radius 2 is 2.41 bits per heavy atom. The number of likely N-dealkylation sites (N-methyl/N-ethyl adjacent to an activating group) is 1. The molecule has 2 atom stereocenters. The Morgan fingerprint density at radius 1 is 1.65 bits per heavy atom. The minimum absolute atomic E-state index is 0.0941. The highest BCUT2D eigenvalue weighted by atomic mass is 16.3. The van der Waals surface area contributed by atoms with Gasteiger partial charge in [-0.25, -0.2) is 4.98 Å². The van der Waals surface area contributed by atoms with Crippen LogP contribution in [0.1, 0.15) is 50.9 Å². The standard InChI is InChI=1S/C13H23N3O/c1-10(2)12-15-6-7-16(12)11-4-5-13(8-11,9-17)14-3/h6-7,10-11,14,17H,4-5,8-9H2,1-3H3. The molecule has 2 N–H and O–H groups in total. The molecule has 0 bridgehead atoms. The lowest BCUT2D eigenvalue weighted by Gasteiger charge is -2.27. The van der Waals surface area contributed by atoms with Crippen molar-refractivity contribution in [2.24, 2.45) is 0 Å². The monoisotopic (exact) mass is 237 g/mol. The molecule has 4 heteroatoms. The van der Waals surface area contributed by atoms with Crippen LogP contribution in [-0.2, 0) is 0 Å². The van der Waals surface area contributed by atoms with Crippen LogP contribution in [0.5, 0.6) is 0 Å². The van der Waals surface area contributed by atoms with E-state index in [9.17, 15) is 5.11 Å². The molecule has 0 aliphatic heterocycles. The number of imidazole rings is 1. The Hall–Kier alpha value is -0.870. The van der Waals surface area contributed by atoms with Crippen molar-refractivity contribution < 1.29 is 5.11 Å². The second-order valence-electron chi connectivity index (χ2n) is 5.43. The molecule has 1 saturated carbocycles. The number of aromatic nitrogens is 2. The van der Waals surface area contributed by atoms with E-state index in [1.165, 1.54) is 0 Å². The summed E-state index contributed by atoms with van der Waals surface area (Å²) in [4.78, 5) is 4.44. The maximum Gasteiger partial charge on any atom is 0.111 e. The predicted octanol–water partition coefficient (Wildman–Crippen LogP) is 1.68. The third-order valence-corrected chi connectivity index (χ3v) is 4.02. The molecular weight excluding hydrogens is 214 g/mol. The zero-order chi connectivity index (χ0) is 12.5. The maximum absolute atomic E-state index is 9.52. The van der Waals surface area contributed by atoms with Gasteiger partial charge in [-0.1, -0.05) is 13.8 Å². The van der Waals surface area contributed by atoms with Crippen molar-refractivity contribution in [2.75, 3.05) is 13.7 Å². The third-order valence-electron chi connectivity index (χ3n) is 4.02. The van der Waals surface area contributed by atoms with Crippen molar-refractivity contribution in [3.8, 4) is 0 Å². The first kappa shape index (κ1) is 12.6. The number of nitrogens with zero attached hydrogens (tertiary/aromatic N) is 2. The molecule has 2 rings (SSSR count). The summed E-state index contributed by atoms with van der Waals surface area (Å²) in [6, 6.07) is 0.467. The SMILES string of the molecule is CNC1(CO)CCC(n2ccnc2C(C)C)C1. The smallest absolute Gasteiger partial charge is 0.111 e. The minimum atomic E-state index is -0.0941. The molecule has 0 aromatic carbocycles. The van der Waals surface area contributed by atoms with Crippen LogP contribution in [0.25, 0.3) is 0 Å². The molecule has 1 aliphatic carbocycles. The van der Waals surface area contributed by atoms with Crippen molar-refractivity contribution in [1.29, 1.82) is 0 Å². The average molecular weight is 237 g/mol. The van der Waals surface area contributed by atoms with E-state index in [2.05, 4.69) is 34.9 Å². The van der Waals surface area contributed by atoms with Crippen molar-refractivity contribution in [3.63, 3.8) is 0 Å². The first-order chi connectivity index (χ1) is 8.12. The molecule has 1 fully saturated rings. The molecule has 96 valence electrons. The van der Waals surface area contributed by atoms with E-state index in [0.717, 1.165) is 25.1 Å². The van der Waals surface area contributed by atoms with E-state index in [1.54, 1.807) is 0 Å². The first-order valence-corrected chi connectivity index (χ1v) is 6.44. The molecule has 2 unspecified atom stereocenters. The first-order valence-electron chi connectivity index (χ1n) is 6.44. The van der Waals surface area contributed by atoms with Gasteiger partial charge in [-0.15, -0.1) is 0 Å². The highest BCUT2D eigenvalue weighted by molar-refractivity contribution is 5.05. The van der Waals surface area contributed by atoms with Crippen LogP contribution < -0.4 is 5.32 Å². The summed E-state index contributed by atoms with van der Waals surface area (Å²) in [6.07, 6.45) is 7.07. The normalized spacial score (nSPS) is 29.1. The summed E-state index contributed by atoms with van der Waals surface area (Å²) in [5.74, 6) is 1.60. The van der Waals surface area contributed by atoms with E-state index < -0.39 is 0 Å². The molecule has 1 heterocycles. The molecule has 0 amide bonds. The zero-order valence-corrected chi connectivity index (χ0v) is 11.0. The van der Waals surface area contributed by atoms with Crippen molar-refractivity contribution in [2.45, 2.75) is 50.6 Å². The Morgan fingerprint density at radius 3 is 2.94 bits per heavy atom. The van der Waals surface area contributed by atoms with Crippen LogP contribution >= 0.6 is 0 Å². The molecule has 17 heavy (non-hydrogen) atoms. The summed E-state index contributed by atoms with van der Waals surface area (Å²) < 4.78 is 2.29. The summed E-state index contributed by atoms with van der Waals surface area (Å²) in [5.41, 5.74) is -0.0941. The van der Waals surface area contributed by atoms with E-state index in [0.29, 0.717) is 12.0 Å². The topological polar surface area (TPSA) is 50.1 Å². The van der Waals surface area contributed by atoms with E-state index >= 15 is 0 Å². The van der Waals surface area contributed by atoms with Gasteiger partial charge in [-0.2, -0.15) is 0 Å². The second-order valence-corrected chi connectivity index (χ2v) is 5.43. The highest BCUT2D eigenvalue weighted by Crippen LogP contribution is 2.38. The minimum Gasteiger partial charge on any atom is -0.394 e. The van der Waals surface area contributed by atoms with Gasteiger partial charge < -0.3 is 15.0 Å². The largest absolute Gasteiger partial charge is 0.394 e. The van der Waals surface area contributed by atoms with E-state index in [-0.39, 0.29) is 12.1 Å². The predicted molar refractivity (Wildman–Crippen MR) is 68.1 cm³/mol. The molecule has 1 aromatic heterocycles. The second kappa shape index (κ2) is 4.78. The number of hydrogen-bond acceptors (Lipinski definition) is 3. The molecular formula is C13H23N3O. The lowest BCUT2D eigenvalue weighted by molar-refractivity contribution is 0.168. The Balaban J connectivity index is 2.17. The summed E-state index contributed by atoms with van der Waals surface area (Å²) in [7, 11) is 1.94. The number of rotatable bonds is 4. The molecule has 0 radical (unpaired) electrons. The van der Waals surface area contributed by atoms with Crippen LogP contribution in [0, 0.1) is 0 Å². The van der Waals surface area contributed by atoms with Crippen LogP contribution in [0.2, 0.25) is 0 Å². The van der Waals surface area contributed by atoms with Crippen molar-refractivity contribution >= 4 is 0 Å². The van der Waals surface area contributed by atoms with Gasteiger partial charge in [0.15, 0.2) is 0 Å². The van der Waals surface area contributed by atoms with Crippen LogP contribution in [-0.4, -0.2) is 33.9 Å². The summed E-state index contributed by atoms with van der Waals surface area (Å²) >= 11 is 0. The number of aliphatic hydroxyl groups excluding tert-OH is 1. The van der Waals surface area contributed by atoms with Gasteiger partial charge in [0.2, 0.25) is 0 Å². The number of aliphatic hydroxyl groups is 1. The van der Waals surface area contributed by atoms with Gasteiger partial charge in [0.1, 0.15) is 5.82 Å². The third kappa shape index (κ3) is 2.24. The average Bonchev–Trinajstić information content (AvgIpc) is 2.96. The lowest BCUT2D eigenvalue weighted by Crippen LogP contribution is -2.44. The van der Waals surface area contributed by atoms with Gasteiger partial charge >= 0.3 is 0 Å². The number of nitrogens with one attached hydrogen (secondary N) is 1. The lowest BCUT2D eigenvalue weighted by atomic mass is 9.99. The van der Waals surface area contributed by atoms with Gasteiger partial charge in [0, 0.05) is 29.9 Å². The molecule has 0 saturated heterocycles. The fourth-order valence-electron chi connectivity index (χ4n) is 2.87. The van der Waals surface area contributed by atoms with Crippen molar-refractivity contribution in [1.82, 2.24) is 14.9 Å². The fourth-order valence-corrected chi connectivity index (χ4v) is 2.87. The Kier molecular flexibility index (Phi) is 3.54. The van der Waals surface area contributed by atoms with E-state index in [1.807, 2.05) is 13.2 Å². The molecule has 0 spiro atoms. The number of hydrogen-bond donors (Lipinski definition) is 2. The highest BCUT2D eigenvalue weighted by Gasteiger charge is 2.38. The Bertz CT molecular complexity index is 368. The molecule has 4 nitrogen and oxygen atoms in total. The Labute approximate surface area is 103 Å². The fraction of sp³-hybridized carbons (Fsp3) is 0.769.